The molecule has 1 rings (SSSR count). The smallest absolute Gasteiger partial charge is 0.151 e. The molecular formula is C12H18N2O. The maximum atomic E-state index is 10.4. The molecule has 1 aromatic rings. The Kier molecular flexibility index (Phi) is 4.28. The molecule has 0 saturated heterocycles. The monoisotopic (exact) mass is 206 g/mol. The molecule has 1 aromatic heterocycles. The molecule has 0 spiro atoms. The van der Waals surface area contributed by atoms with Crippen LogP contribution in [-0.2, 0) is 0 Å². The maximum Gasteiger partial charge on any atom is 0.151 e. The summed E-state index contributed by atoms with van der Waals surface area (Å²) in [4.78, 5) is 16.8. The van der Waals surface area contributed by atoms with Gasteiger partial charge in [-0.05, 0) is 24.5 Å². The average molecular weight is 206 g/mol. The second kappa shape index (κ2) is 5.49. The zero-order chi connectivity index (χ0) is 11.3. The zero-order valence-electron chi connectivity index (χ0n) is 9.60. The Morgan fingerprint density at radius 1 is 1.47 bits per heavy atom. The van der Waals surface area contributed by atoms with Crippen molar-refractivity contribution in [1.29, 1.82) is 0 Å². The SMILES string of the molecule is CC(C)CCN(C)c1ccc(C=O)cn1. The normalized spacial score (nSPS) is 10.4. The fourth-order valence-electron chi connectivity index (χ4n) is 1.26. The van der Waals surface area contributed by atoms with Crippen LogP contribution in [0.15, 0.2) is 18.3 Å². The highest BCUT2D eigenvalue weighted by molar-refractivity contribution is 5.74. The molecule has 0 radical (unpaired) electrons. The fourth-order valence-corrected chi connectivity index (χ4v) is 1.26. The van der Waals surface area contributed by atoms with Gasteiger partial charge >= 0.3 is 0 Å². The van der Waals surface area contributed by atoms with Crippen molar-refractivity contribution in [3.8, 4) is 0 Å². The lowest BCUT2D eigenvalue weighted by Crippen LogP contribution is -2.20. The topological polar surface area (TPSA) is 33.2 Å². The first kappa shape index (κ1) is 11.7. The van der Waals surface area contributed by atoms with E-state index < -0.39 is 0 Å². The van der Waals surface area contributed by atoms with Crippen molar-refractivity contribution in [3.05, 3.63) is 23.9 Å². The third-order valence-corrected chi connectivity index (χ3v) is 2.34. The van der Waals surface area contributed by atoms with Crippen LogP contribution in [0.5, 0.6) is 0 Å². The molecule has 0 fully saturated rings. The van der Waals surface area contributed by atoms with Crippen molar-refractivity contribution in [2.75, 3.05) is 18.5 Å². The Morgan fingerprint density at radius 3 is 2.67 bits per heavy atom. The number of aldehydes is 1. The van der Waals surface area contributed by atoms with E-state index in [2.05, 4.69) is 23.7 Å². The summed E-state index contributed by atoms with van der Waals surface area (Å²) < 4.78 is 0. The molecule has 3 nitrogen and oxygen atoms in total. The van der Waals surface area contributed by atoms with Gasteiger partial charge in [-0.1, -0.05) is 13.8 Å². The summed E-state index contributed by atoms with van der Waals surface area (Å²) in [6.07, 6.45) is 3.56. The first-order valence-corrected chi connectivity index (χ1v) is 5.26. The predicted octanol–water partition coefficient (Wildman–Crippen LogP) is 2.38. The van der Waals surface area contributed by atoms with Crippen LogP contribution >= 0.6 is 0 Å². The lowest BCUT2D eigenvalue weighted by atomic mass is 10.1. The Labute approximate surface area is 91.1 Å². The quantitative estimate of drug-likeness (QED) is 0.693. The number of aromatic nitrogens is 1. The number of anilines is 1. The number of carbonyl (C=O) groups excluding carboxylic acids is 1. The molecule has 0 aliphatic heterocycles. The minimum atomic E-state index is 0.621. The van der Waals surface area contributed by atoms with Crippen LogP contribution in [-0.4, -0.2) is 24.9 Å². The number of pyridine rings is 1. The third-order valence-electron chi connectivity index (χ3n) is 2.34. The molecule has 0 bridgehead atoms. The molecule has 0 aliphatic carbocycles. The van der Waals surface area contributed by atoms with Gasteiger partial charge in [0.2, 0.25) is 0 Å². The van der Waals surface area contributed by atoms with Crippen molar-refractivity contribution in [2.45, 2.75) is 20.3 Å². The first-order valence-electron chi connectivity index (χ1n) is 5.26. The van der Waals surface area contributed by atoms with Gasteiger partial charge in [-0.2, -0.15) is 0 Å². The fraction of sp³-hybridized carbons (Fsp3) is 0.500. The van der Waals surface area contributed by atoms with Crippen molar-refractivity contribution in [1.82, 2.24) is 4.98 Å². The van der Waals surface area contributed by atoms with E-state index in [1.807, 2.05) is 13.1 Å². The van der Waals surface area contributed by atoms with Gasteiger partial charge in [0.15, 0.2) is 6.29 Å². The molecule has 0 aromatic carbocycles. The van der Waals surface area contributed by atoms with E-state index >= 15 is 0 Å². The van der Waals surface area contributed by atoms with Gasteiger partial charge in [0.25, 0.3) is 0 Å². The average Bonchev–Trinajstić information content (AvgIpc) is 2.26. The Balaban J connectivity index is 2.57. The molecule has 0 saturated carbocycles. The van der Waals surface area contributed by atoms with Gasteiger partial charge in [0, 0.05) is 25.4 Å². The van der Waals surface area contributed by atoms with Crippen molar-refractivity contribution >= 4 is 12.1 Å². The van der Waals surface area contributed by atoms with Crippen LogP contribution in [0.1, 0.15) is 30.6 Å². The van der Waals surface area contributed by atoms with E-state index in [1.165, 1.54) is 0 Å². The first-order chi connectivity index (χ1) is 7.13. The summed E-state index contributed by atoms with van der Waals surface area (Å²) in [6, 6.07) is 3.67. The van der Waals surface area contributed by atoms with Crippen LogP contribution in [0.3, 0.4) is 0 Å². The van der Waals surface area contributed by atoms with E-state index in [1.54, 1.807) is 12.3 Å². The summed E-state index contributed by atoms with van der Waals surface area (Å²) in [6.45, 7) is 5.40. The second-order valence-electron chi connectivity index (χ2n) is 4.17. The lowest BCUT2D eigenvalue weighted by molar-refractivity contribution is 0.112. The van der Waals surface area contributed by atoms with Crippen LogP contribution in [0.25, 0.3) is 0 Å². The van der Waals surface area contributed by atoms with Gasteiger partial charge in [-0.3, -0.25) is 4.79 Å². The standard InChI is InChI=1S/C12H18N2O/c1-10(2)6-7-14(3)12-5-4-11(9-15)8-13-12/h4-5,8-10H,6-7H2,1-3H3. The lowest BCUT2D eigenvalue weighted by Gasteiger charge is -2.19. The molecule has 0 N–H and O–H groups in total. The summed E-state index contributed by atoms with van der Waals surface area (Å²) in [5, 5.41) is 0. The summed E-state index contributed by atoms with van der Waals surface area (Å²) in [5.41, 5.74) is 0.621. The van der Waals surface area contributed by atoms with Crippen LogP contribution in [0.2, 0.25) is 0 Å². The van der Waals surface area contributed by atoms with Gasteiger partial charge in [0.1, 0.15) is 5.82 Å². The van der Waals surface area contributed by atoms with Gasteiger partial charge in [0.05, 0.1) is 0 Å². The Bertz CT molecular complexity index is 306. The highest BCUT2D eigenvalue weighted by Gasteiger charge is 2.03. The number of hydrogen-bond acceptors (Lipinski definition) is 3. The highest BCUT2D eigenvalue weighted by atomic mass is 16.1. The van der Waals surface area contributed by atoms with E-state index in [-0.39, 0.29) is 0 Å². The molecule has 0 atom stereocenters. The van der Waals surface area contributed by atoms with Crippen molar-refractivity contribution < 1.29 is 4.79 Å². The van der Waals surface area contributed by atoms with E-state index in [9.17, 15) is 4.79 Å². The third kappa shape index (κ3) is 3.70. The Morgan fingerprint density at radius 2 is 2.20 bits per heavy atom. The molecule has 3 heteroatoms. The van der Waals surface area contributed by atoms with Crippen molar-refractivity contribution in [3.63, 3.8) is 0 Å². The summed E-state index contributed by atoms with van der Waals surface area (Å²) in [7, 11) is 2.02. The largest absolute Gasteiger partial charge is 0.360 e. The summed E-state index contributed by atoms with van der Waals surface area (Å²) in [5.74, 6) is 1.61. The summed E-state index contributed by atoms with van der Waals surface area (Å²) >= 11 is 0. The van der Waals surface area contributed by atoms with Crippen molar-refractivity contribution in [2.24, 2.45) is 5.92 Å². The molecule has 0 unspecified atom stereocenters. The minimum Gasteiger partial charge on any atom is -0.360 e. The molecular weight excluding hydrogens is 188 g/mol. The molecule has 82 valence electrons. The van der Waals surface area contributed by atoms with E-state index in [0.29, 0.717) is 11.5 Å². The molecule has 15 heavy (non-hydrogen) atoms. The number of carbonyl (C=O) groups is 1. The molecule has 0 amide bonds. The van der Waals surface area contributed by atoms with Gasteiger partial charge in [-0.25, -0.2) is 4.98 Å². The minimum absolute atomic E-state index is 0.621. The van der Waals surface area contributed by atoms with Gasteiger partial charge < -0.3 is 4.90 Å². The van der Waals surface area contributed by atoms with Crippen LogP contribution in [0.4, 0.5) is 5.82 Å². The maximum absolute atomic E-state index is 10.4. The highest BCUT2D eigenvalue weighted by Crippen LogP contribution is 2.10. The van der Waals surface area contributed by atoms with E-state index in [4.69, 9.17) is 0 Å². The molecule has 1 heterocycles. The predicted molar refractivity (Wildman–Crippen MR) is 62.3 cm³/mol. The van der Waals surface area contributed by atoms with E-state index in [0.717, 1.165) is 25.1 Å². The number of rotatable bonds is 5. The Hall–Kier alpha value is -1.38. The molecule has 0 aliphatic rings. The van der Waals surface area contributed by atoms with Crippen LogP contribution in [0, 0.1) is 5.92 Å². The number of hydrogen-bond donors (Lipinski definition) is 0. The van der Waals surface area contributed by atoms with Gasteiger partial charge in [-0.15, -0.1) is 0 Å². The number of nitrogens with zero attached hydrogens (tertiary/aromatic N) is 2. The second-order valence-corrected chi connectivity index (χ2v) is 4.17. The van der Waals surface area contributed by atoms with Crippen LogP contribution < -0.4 is 4.90 Å². The zero-order valence-corrected chi connectivity index (χ0v) is 9.60.